The Morgan fingerprint density at radius 3 is 2.79 bits per heavy atom. The first-order chi connectivity index (χ1) is 14.1. The van der Waals surface area contributed by atoms with Crippen LogP contribution in [0.4, 0.5) is 11.4 Å². The number of amides is 1. The van der Waals surface area contributed by atoms with Crippen LogP contribution in [0.3, 0.4) is 0 Å². The molecular formula is C22H25N5OS. The highest BCUT2D eigenvalue weighted by Gasteiger charge is 2.18. The van der Waals surface area contributed by atoms with E-state index in [0.29, 0.717) is 12.3 Å². The fraction of sp³-hybridized carbons (Fsp3) is 0.318. The first-order valence-electron chi connectivity index (χ1n) is 9.88. The molecule has 150 valence electrons. The standard InChI is InChI=1S/C22H25N5OS/c1-3-26-12-11-18-9-10-19(13-20(18)26)23-21(28)15-29-22-25-24-16(2)27(22)14-17-7-5-4-6-8-17/h4-10,13H,3,11-12,14-15H2,1-2H3,(H,23,28). The SMILES string of the molecule is CCN1CCc2ccc(NC(=O)CSc3nnc(C)n3Cc3ccccc3)cc21. The van der Waals surface area contributed by atoms with E-state index < -0.39 is 0 Å². The topological polar surface area (TPSA) is 63.1 Å². The molecule has 0 atom stereocenters. The lowest BCUT2D eigenvalue weighted by Gasteiger charge is -2.17. The predicted octanol–water partition coefficient (Wildman–Crippen LogP) is 3.75. The number of carbonyl (C=O) groups excluding carboxylic acids is 1. The highest BCUT2D eigenvalue weighted by molar-refractivity contribution is 7.99. The molecule has 1 amide bonds. The number of anilines is 2. The Bertz CT molecular complexity index is 1000. The molecule has 3 aromatic rings. The summed E-state index contributed by atoms with van der Waals surface area (Å²) < 4.78 is 2.04. The van der Waals surface area contributed by atoms with Gasteiger partial charge in [0.2, 0.25) is 5.91 Å². The van der Waals surface area contributed by atoms with Gasteiger partial charge in [0.15, 0.2) is 5.16 Å². The number of rotatable bonds is 7. The van der Waals surface area contributed by atoms with Crippen molar-refractivity contribution < 1.29 is 4.79 Å². The summed E-state index contributed by atoms with van der Waals surface area (Å²) in [5.74, 6) is 1.10. The van der Waals surface area contributed by atoms with Gasteiger partial charge in [0.1, 0.15) is 5.82 Å². The van der Waals surface area contributed by atoms with Crippen molar-refractivity contribution >= 4 is 29.0 Å². The van der Waals surface area contributed by atoms with Gasteiger partial charge in [-0.3, -0.25) is 4.79 Å². The summed E-state index contributed by atoms with van der Waals surface area (Å²) in [5.41, 5.74) is 4.61. The Labute approximate surface area is 175 Å². The summed E-state index contributed by atoms with van der Waals surface area (Å²) in [7, 11) is 0. The van der Waals surface area contributed by atoms with Crippen molar-refractivity contribution in [1.29, 1.82) is 0 Å². The Morgan fingerprint density at radius 1 is 1.17 bits per heavy atom. The third-order valence-corrected chi connectivity index (χ3v) is 6.13. The van der Waals surface area contributed by atoms with E-state index in [2.05, 4.69) is 51.6 Å². The third kappa shape index (κ3) is 4.45. The predicted molar refractivity (Wildman–Crippen MR) is 118 cm³/mol. The first-order valence-corrected chi connectivity index (χ1v) is 10.9. The molecule has 4 rings (SSSR count). The summed E-state index contributed by atoms with van der Waals surface area (Å²) in [6.45, 7) is 6.82. The van der Waals surface area contributed by atoms with Gasteiger partial charge in [-0.25, -0.2) is 0 Å². The Balaban J connectivity index is 1.38. The van der Waals surface area contributed by atoms with Crippen LogP contribution in [0.2, 0.25) is 0 Å². The largest absolute Gasteiger partial charge is 0.371 e. The van der Waals surface area contributed by atoms with Crippen molar-refractivity contribution in [2.75, 3.05) is 29.1 Å². The van der Waals surface area contributed by atoms with Crippen LogP contribution in [-0.2, 0) is 17.8 Å². The molecule has 1 aromatic heterocycles. The van der Waals surface area contributed by atoms with Crippen LogP contribution >= 0.6 is 11.8 Å². The first kappa shape index (κ1) is 19.5. The van der Waals surface area contributed by atoms with E-state index in [4.69, 9.17) is 0 Å². The number of carbonyl (C=O) groups is 1. The van der Waals surface area contributed by atoms with Gasteiger partial charge < -0.3 is 14.8 Å². The van der Waals surface area contributed by atoms with E-state index in [9.17, 15) is 4.79 Å². The van der Waals surface area contributed by atoms with Gasteiger partial charge in [-0.2, -0.15) is 0 Å². The quantitative estimate of drug-likeness (QED) is 0.605. The van der Waals surface area contributed by atoms with Crippen LogP contribution in [0.5, 0.6) is 0 Å². The summed E-state index contributed by atoms with van der Waals surface area (Å²) in [6, 6.07) is 16.4. The zero-order chi connectivity index (χ0) is 20.2. The highest BCUT2D eigenvalue weighted by Crippen LogP contribution is 2.30. The second-order valence-corrected chi connectivity index (χ2v) is 8.05. The van der Waals surface area contributed by atoms with E-state index in [0.717, 1.165) is 36.2 Å². The average Bonchev–Trinajstić information content (AvgIpc) is 3.30. The summed E-state index contributed by atoms with van der Waals surface area (Å²) in [4.78, 5) is 14.9. The molecule has 1 aliphatic heterocycles. The minimum absolute atomic E-state index is 0.0390. The van der Waals surface area contributed by atoms with Gasteiger partial charge in [-0.05, 0) is 43.5 Å². The number of benzene rings is 2. The normalized spacial score (nSPS) is 12.8. The highest BCUT2D eigenvalue weighted by atomic mass is 32.2. The molecule has 0 fully saturated rings. The molecule has 0 radical (unpaired) electrons. The minimum Gasteiger partial charge on any atom is -0.371 e. The number of likely N-dealkylation sites (N-methyl/N-ethyl adjacent to an activating group) is 1. The molecule has 1 N–H and O–H groups in total. The maximum Gasteiger partial charge on any atom is 0.234 e. The lowest BCUT2D eigenvalue weighted by molar-refractivity contribution is -0.113. The number of aryl methyl sites for hydroxylation is 1. The van der Waals surface area contributed by atoms with Crippen molar-refractivity contribution in [1.82, 2.24) is 14.8 Å². The minimum atomic E-state index is -0.0390. The second kappa shape index (κ2) is 8.69. The number of nitrogens with zero attached hydrogens (tertiary/aromatic N) is 4. The lowest BCUT2D eigenvalue weighted by Crippen LogP contribution is -2.19. The number of nitrogens with one attached hydrogen (secondary N) is 1. The molecular weight excluding hydrogens is 382 g/mol. The molecule has 2 aromatic carbocycles. The third-order valence-electron chi connectivity index (χ3n) is 5.16. The zero-order valence-corrected chi connectivity index (χ0v) is 17.6. The molecule has 7 heteroatoms. The van der Waals surface area contributed by atoms with Crippen LogP contribution in [-0.4, -0.2) is 39.5 Å². The molecule has 0 spiro atoms. The Kier molecular flexibility index (Phi) is 5.85. The smallest absolute Gasteiger partial charge is 0.234 e. The van der Waals surface area contributed by atoms with Crippen molar-refractivity contribution in [2.24, 2.45) is 0 Å². The number of aromatic nitrogens is 3. The maximum atomic E-state index is 12.5. The molecule has 0 bridgehead atoms. The number of hydrogen-bond donors (Lipinski definition) is 1. The van der Waals surface area contributed by atoms with E-state index >= 15 is 0 Å². The van der Waals surface area contributed by atoms with E-state index in [1.807, 2.05) is 35.8 Å². The summed E-state index contributed by atoms with van der Waals surface area (Å²) in [6.07, 6.45) is 1.07. The Hall–Kier alpha value is -2.80. The van der Waals surface area contributed by atoms with Crippen LogP contribution < -0.4 is 10.2 Å². The molecule has 0 unspecified atom stereocenters. The number of hydrogen-bond acceptors (Lipinski definition) is 5. The average molecular weight is 408 g/mol. The van der Waals surface area contributed by atoms with Gasteiger partial charge in [-0.1, -0.05) is 48.2 Å². The van der Waals surface area contributed by atoms with Crippen molar-refractivity contribution in [3.8, 4) is 0 Å². The maximum absolute atomic E-state index is 12.5. The molecule has 29 heavy (non-hydrogen) atoms. The van der Waals surface area contributed by atoms with E-state index in [1.165, 1.54) is 28.6 Å². The van der Waals surface area contributed by atoms with Gasteiger partial charge in [-0.15, -0.1) is 10.2 Å². The zero-order valence-electron chi connectivity index (χ0n) is 16.8. The van der Waals surface area contributed by atoms with Gasteiger partial charge in [0.25, 0.3) is 0 Å². The molecule has 6 nitrogen and oxygen atoms in total. The monoisotopic (exact) mass is 407 g/mol. The van der Waals surface area contributed by atoms with Crippen molar-refractivity contribution in [3.63, 3.8) is 0 Å². The van der Waals surface area contributed by atoms with Gasteiger partial charge in [0.05, 0.1) is 12.3 Å². The second-order valence-electron chi connectivity index (χ2n) is 7.11. The fourth-order valence-electron chi connectivity index (χ4n) is 3.60. The van der Waals surface area contributed by atoms with Gasteiger partial charge in [0, 0.05) is 24.5 Å². The molecule has 2 heterocycles. The lowest BCUT2D eigenvalue weighted by atomic mass is 10.1. The number of fused-ring (bicyclic) bond motifs is 1. The molecule has 0 aliphatic carbocycles. The summed E-state index contributed by atoms with van der Waals surface area (Å²) in [5, 5.41) is 12.2. The molecule has 1 aliphatic rings. The van der Waals surface area contributed by atoms with Crippen LogP contribution in [0.1, 0.15) is 23.9 Å². The number of thioether (sulfide) groups is 1. The van der Waals surface area contributed by atoms with Crippen LogP contribution in [0.25, 0.3) is 0 Å². The fourth-order valence-corrected chi connectivity index (χ4v) is 4.38. The van der Waals surface area contributed by atoms with Crippen molar-refractivity contribution in [2.45, 2.75) is 32.0 Å². The van der Waals surface area contributed by atoms with Crippen LogP contribution in [0, 0.1) is 6.92 Å². The van der Waals surface area contributed by atoms with Gasteiger partial charge >= 0.3 is 0 Å². The molecule has 0 saturated carbocycles. The Morgan fingerprint density at radius 2 is 2.00 bits per heavy atom. The summed E-state index contributed by atoms with van der Waals surface area (Å²) >= 11 is 1.41. The van der Waals surface area contributed by atoms with E-state index in [-0.39, 0.29) is 5.91 Å². The van der Waals surface area contributed by atoms with E-state index in [1.54, 1.807) is 0 Å². The van der Waals surface area contributed by atoms with Crippen molar-refractivity contribution in [3.05, 3.63) is 65.5 Å². The molecule has 0 saturated heterocycles. The van der Waals surface area contributed by atoms with Crippen LogP contribution in [0.15, 0.2) is 53.7 Å².